The summed E-state index contributed by atoms with van der Waals surface area (Å²) in [6.07, 6.45) is 0. The summed E-state index contributed by atoms with van der Waals surface area (Å²) in [5.41, 5.74) is 6.85. The second-order valence-corrected chi connectivity index (χ2v) is 4.54. The monoisotopic (exact) mass is 307 g/mol. The topological polar surface area (TPSA) is 53.1 Å². The van der Waals surface area contributed by atoms with E-state index in [1.807, 2.05) is 0 Å². The van der Waals surface area contributed by atoms with E-state index in [-0.39, 0.29) is 5.88 Å². The fourth-order valence-electron chi connectivity index (χ4n) is 1.55. The molecule has 0 atom stereocenters. The van der Waals surface area contributed by atoms with E-state index in [9.17, 15) is 8.78 Å². The number of hydrogen-bond donors (Lipinski definition) is 1. The molecular weight excluding hydrogens is 299 g/mol. The zero-order valence-corrected chi connectivity index (χ0v) is 11.2. The normalized spacial score (nSPS) is 11.1. The molecule has 4 nitrogen and oxygen atoms in total. The van der Waals surface area contributed by atoms with Gasteiger partial charge >= 0.3 is 6.61 Å². The Morgan fingerprint density at radius 3 is 2.58 bits per heavy atom. The van der Waals surface area contributed by atoms with E-state index in [2.05, 4.69) is 9.84 Å². The van der Waals surface area contributed by atoms with Gasteiger partial charge < -0.3 is 10.5 Å². The van der Waals surface area contributed by atoms with Crippen molar-refractivity contribution in [2.75, 3.05) is 5.73 Å². The number of hydrogen-bond acceptors (Lipinski definition) is 3. The van der Waals surface area contributed by atoms with Crippen molar-refractivity contribution in [3.8, 4) is 17.1 Å². The van der Waals surface area contributed by atoms with Crippen LogP contribution in [0.2, 0.25) is 10.0 Å². The number of ether oxygens (including phenoxy) is 1. The maximum absolute atomic E-state index is 12.2. The van der Waals surface area contributed by atoms with Crippen molar-refractivity contribution < 1.29 is 13.5 Å². The summed E-state index contributed by atoms with van der Waals surface area (Å²) in [4.78, 5) is 0. The Kier molecular flexibility index (Phi) is 3.82. The fraction of sp³-hybridized carbons (Fsp3) is 0.182. The van der Waals surface area contributed by atoms with Crippen LogP contribution in [0.15, 0.2) is 18.2 Å². The van der Waals surface area contributed by atoms with Gasteiger partial charge in [0.2, 0.25) is 5.88 Å². The molecule has 0 saturated carbocycles. The highest BCUT2D eigenvalue weighted by Gasteiger charge is 2.15. The molecule has 1 aromatic heterocycles. The molecule has 0 spiro atoms. The molecule has 2 N–H and O–H groups in total. The van der Waals surface area contributed by atoms with Gasteiger partial charge in [-0.3, -0.25) is 0 Å². The Labute approximate surface area is 117 Å². The van der Waals surface area contributed by atoms with Gasteiger partial charge in [-0.2, -0.15) is 13.9 Å². The van der Waals surface area contributed by atoms with Gasteiger partial charge in [-0.1, -0.05) is 23.2 Å². The summed E-state index contributed by atoms with van der Waals surface area (Å²) in [6.45, 7) is -2.92. The molecule has 0 aliphatic heterocycles. The minimum Gasteiger partial charge on any atom is -0.417 e. The number of alkyl halides is 2. The van der Waals surface area contributed by atoms with Gasteiger partial charge in [-0.25, -0.2) is 4.68 Å². The smallest absolute Gasteiger partial charge is 0.388 e. The molecule has 8 heteroatoms. The van der Waals surface area contributed by atoms with E-state index in [1.54, 1.807) is 0 Å². The first-order valence-electron chi connectivity index (χ1n) is 5.12. The van der Waals surface area contributed by atoms with Crippen molar-refractivity contribution in [3.63, 3.8) is 0 Å². The lowest BCUT2D eigenvalue weighted by molar-refractivity contribution is -0.0553. The van der Waals surface area contributed by atoms with E-state index in [1.165, 1.54) is 29.9 Å². The molecule has 0 fully saturated rings. The van der Waals surface area contributed by atoms with Crippen LogP contribution >= 0.6 is 23.2 Å². The number of halogens is 4. The number of aryl methyl sites for hydroxylation is 1. The highest BCUT2D eigenvalue weighted by Crippen LogP contribution is 2.34. The molecule has 0 radical (unpaired) electrons. The first kappa shape index (κ1) is 13.9. The first-order chi connectivity index (χ1) is 8.88. The maximum Gasteiger partial charge on any atom is 0.388 e. The Hall–Kier alpha value is -1.53. The summed E-state index contributed by atoms with van der Waals surface area (Å²) < 4.78 is 29.9. The van der Waals surface area contributed by atoms with Gasteiger partial charge in [-0.05, 0) is 12.1 Å². The summed E-state index contributed by atoms with van der Waals surface area (Å²) in [6, 6.07) is 4.34. The van der Waals surface area contributed by atoms with Crippen LogP contribution in [0.1, 0.15) is 0 Å². The molecule has 1 aromatic carbocycles. The number of benzene rings is 1. The van der Waals surface area contributed by atoms with Crippen molar-refractivity contribution in [3.05, 3.63) is 28.2 Å². The molecule has 102 valence electrons. The van der Waals surface area contributed by atoms with Gasteiger partial charge in [0.25, 0.3) is 0 Å². The molecular formula is C11H9Cl2F2N3O. The van der Waals surface area contributed by atoms with Crippen molar-refractivity contribution in [2.24, 2.45) is 7.05 Å². The lowest BCUT2D eigenvalue weighted by Gasteiger charge is -2.04. The molecule has 0 aliphatic carbocycles. The number of rotatable bonds is 3. The predicted octanol–water partition coefficient (Wildman–Crippen LogP) is 3.58. The largest absolute Gasteiger partial charge is 0.417 e. The molecule has 1 heterocycles. The molecule has 2 rings (SSSR count). The minimum absolute atomic E-state index is 0.0745. The van der Waals surface area contributed by atoms with Crippen molar-refractivity contribution in [1.82, 2.24) is 9.78 Å². The second kappa shape index (κ2) is 5.22. The van der Waals surface area contributed by atoms with E-state index in [0.29, 0.717) is 27.0 Å². The van der Waals surface area contributed by atoms with Crippen LogP contribution in [-0.2, 0) is 7.05 Å². The van der Waals surface area contributed by atoms with Crippen LogP contribution in [0.3, 0.4) is 0 Å². The zero-order valence-electron chi connectivity index (χ0n) is 9.70. The third kappa shape index (κ3) is 2.90. The van der Waals surface area contributed by atoms with Crippen LogP contribution in [0, 0.1) is 0 Å². The summed E-state index contributed by atoms with van der Waals surface area (Å²) in [7, 11) is 1.48. The summed E-state index contributed by atoms with van der Waals surface area (Å²) in [5, 5.41) is 4.67. The highest BCUT2D eigenvalue weighted by molar-refractivity contribution is 6.37. The minimum atomic E-state index is -2.92. The van der Waals surface area contributed by atoms with Gasteiger partial charge in [0, 0.05) is 18.7 Å². The third-order valence-corrected chi connectivity index (χ3v) is 3.05. The fourth-order valence-corrected chi connectivity index (χ4v) is 2.03. The molecule has 0 unspecified atom stereocenters. The lowest BCUT2D eigenvalue weighted by Crippen LogP contribution is -2.05. The Morgan fingerprint density at radius 1 is 1.26 bits per heavy atom. The standard InChI is InChI=1S/C11H9Cl2F2N3O/c1-18-10(19-11(14)15)4-9(17-18)5-2-8(16)7(13)3-6(5)12/h2-4,11H,16H2,1H3. The van der Waals surface area contributed by atoms with Gasteiger partial charge in [0.05, 0.1) is 21.4 Å². The highest BCUT2D eigenvalue weighted by atomic mass is 35.5. The van der Waals surface area contributed by atoms with Crippen molar-refractivity contribution in [1.29, 1.82) is 0 Å². The third-order valence-electron chi connectivity index (χ3n) is 2.41. The Bertz CT molecular complexity index is 616. The summed E-state index contributed by atoms with van der Waals surface area (Å²) >= 11 is 11.8. The van der Waals surface area contributed by atoms with Gasteiger partial charge in [0.15, 0.2) is 0 Å². The summed E-state index contributed by atoms with van der Waals surface area (Å²) in [5.74, 6) is -0.0745. The number of nitrogens with zero attached hydrogens (tertiary/aromatic N) is 2. The number of aromatic nitrogens is 2. The van der Waals surface area contributed by atoms with E-state index < -0.39 is 6.61 Å². The van der Waals surface area contributed by atoms with Crippen molar-refractivity contribution in [2.45, 2.75) is 6.61 Å². The number of anilines is 1. The quantitative estimate of drug-likeness (QED) is 0.882. The SMILES string of the molecule is Cn1nc(-c2cc(N)c(Cl)cc2Cl)cc1OC(F)F. The molecule has 19 heavy (non-hydrogen) atoms. The van der Waals surface area contributed by atoms with Crippen LogP contribution in [-0.4, -0.2) is 16.4 Å². The maximum atomic E-state index is 12.2. The number of nitrogens with two attached hydrogens (primary N) is 1. The van der Waals surface area contributed by atoms with Crippen LogP contribution in [0.25, 0.3) is 11.3 Å². The van der Waals surface area contributed by atoms with E-state index >= 15 is 0 Å². The second-order valence-electron chi connectivity index (χ2n) is 3.72. The van der Waals surface area contributed by atoms with E-state index in [4.69, 9.17) is 28.9 Å². The molecule has 0 saturated heterocycles. The first-order valence-corrected chi connectivity index (χ1v) is 5.88. The van der Waals surface area contributed by atoms with E-state index in [0.717, 1.165) is 0 Å². The zero-order chi connectivity index (χ0) is 14.2. The average Bonchev–Trinajstić information content (AvgIpc) is 2.64. The van der Waals surface area contributed by atoms with Crippen molar-refractivity contribution >= 4 is 28.9 Å². The van der Waals surface area contributed by atoms with Gasteiger partial charge in [-0.15, -0.1) is 0 Å². The molecule has 0 aliphatic rings. The Balaban J connectivity index is 2.45. The van der Waals surface area contributed by atoms with Crippen LogP contribution in [0.4, 0.5) is 14.5 Å². The Morgan fingerprint density at radius 2 is 1.95 bits per heavy atom. The number of nitrogen functional groups attached to an aromatic ring is 1. The molecule has 0 amide bonds. The van der Waals surface area contributed by atoms with Crippen LogP contribution < -0.4 is 10.5 Å². The van der Waals surface area contributed by atoms with Gasteiger partial charge in [0.1, 0.15) is 0 Å². The predicted molar refractivity (Wildman–Crippen MR) is 69.7 cm³/mol. The lowest BCUT2D eigenvalue weighted by atomic mass is 10.1. The average molecular weight is 308 g/mol. The molecule has 0 bridgehead atoms. The van der Waals surface area contributed by atoms with Crippen LogP contribution in [0.5, 0.6) is 5.88 Å². The molecule has 2 aromatic rings.